The van der Waals surface area contributed by atoms with Crippen LogP contribution in [0.1, 0.15) is 47.5 Å². The molecule has 0 bridgehead atoms. The van der Waals surface area contributed by atoms with Gasteiger partial charge in [0.1, 0.15) is 0 Å². The number of allylic oxidation sites excluding steroid dienone is 2. The average Bonchev–Trinajstić information content (AvgIpc) is 1.90. The van der Waals surface area contributed by atoms with Gasteiger partial charge in [-0.05, 0) is 27.7 Å². The SMILES string of the molecule is CC(C)=C(C)C.N.N.[Li][CH2]CCC. The zero-order valence-corrected chi connectivity index (χ0v) is 10.5. The normalized spacial score (nSPS) is 7.00. The van der Waals surface area contributed by atoms with Crippen LogP contribution in [0.25, 0.3) is 0 Å². The molecule has 0 spiro atoms. The third kappa shape index (κ3) is 32.9. The summed E-state index contributed by atoms with van der Waals surface area (Å²) in [6, 6.07) is 0. The van der Waals surface area contributed by atoms with Gasteiger partial charge < -0.3 is 12.3 Å². The number of hydrogen-bond donors (Lipinski definition) is 2. The first-order valence-corrected chi connectivity index (χ1v) is 4.66. The molecule has 0 aliphatic rings. The second kappa shape index (κ2) is 18.1. The Hall–Kier alpha value is 0.257. The summed E-state index contributed by atoms with van der Waals surface area (Å²) in [4.78, 5) is 0. The number of rotatable bonds is 2. The molecule has 0 rings (SSSR count). The fourth-order valence-corrected chi connectivity index (χ4v) is 0.354. The molecule has 0 aliphatic carbocycles. The monoisotopic (exact) mass is 182 g/mol. The fraction of sp³-hybridized carbons (Fsp3) is 0.800. The first kappa shape index (κ1) is 23.2. The Morgan fingerprint density at radius 2 is 1.23 bits per heavy atom. The molecule has 3 heteroatoms. The molecule has 0 heterocycles. The Bertz CT molecular complexity index is 91.5. The van der Waals surface area contributed by atoms with Gasteiger partial charge in [-0.2, -0.15) is 0 Å². The van der Waals surface area contributed by atoms with E-state index in [4.69, 9.17) is 0 Å². The molecule has 0 saturated heterocycles. The van der Waals surface area contributed by atoms with Gasteiger partial charge in [0, 0.05) is 0 Å². The molecule has 0 unspecified atom stereocenters. The van der Waals surface area contributed by atoms with Gasteiger partial charge in [-0.15, -0.1) is 0 Å². The molecule has 0 fully saturated rings. The van der Waals surface area contributed by atoms with Crippen LogP contribution in [0, 0.1) is 0 Å². The van der Waals surface area contributed by atoms with Crippen molar-refractivity contribution in [1.29, 1.82) is 0 Å². The standard InChI is InChI=1S/C6H12.C4H9.Li.2H3N/c1-5(2)6(3)4;1-3-4-2;;;/h1-4H3;1,3-4H2,2H3;;2*1H3. The van der Waals surface area contributed by atoms with Gasteiger partial charge in [0.05, 0.1) is 0 Å². The zero-order valence-electron chi connectivity index (χ0n) is 10.5. The van der Waals surface area contributed by atoms with Crippen LogP contribution in [0.4, 0.5) is 0 Å². The van der Waals surface area contributed by atoms with E-state index in [0.717, 1.165) is 0 Å². The predicted molar refractivity (Wildman–Crippen MR) is 65.2 cm³/mol. The summed E-state index contributed by atoms with van der Waals surface area (Å²) in [5, 5.41) is 1.34. The van der Waals surface area contributed by atoms with E-state index in [1.165, 1.54) is 29.1 Å². The van der Waals surface area contributed by atoms with E-state index in [1.54, 1.807) is 0 Å². The van der Waals surface area contributed by atoms with Crippen LogP contribution < -0.4 is 12.3 Å². The summed E-state index contributed by atoms with van der Waals surface area (Å²) in [5.41, 5.74) is 2.85. The van der Waals surface area contributed by atoms with E-state index < -0.39 is 0 Å². The first-order chi connectivity index (χ1) is 5.06. The van der Waals surface area contributed by atoms with Crippen LogP contribution in [-0.2, 0) is 0 Å². The fourth-order valence-electron chi connectivity index (χ4n) is 0.354. The van der Waals surface area contributed by atoms with E-state index in [-0.39, 0.29) is 12.3 Å². The maximum atomic E-state index is 2.21. The van der Waals surface area contributed by atoms with E-state index in [0.29, 0.717) is 0 Å². The van der Waals surface area contributed by atoms with Gasteiger partial charge in [0.2, 0.25) is 0 Å². The van der Waals surface area contributed by atoms with Crippen molar-refractivity contribution in [3.05, 3.63) is 11.1 Å². The van der Waals surface area contributed by atoms with Gasteiger partial charge in [-0.3, -0.25) is 0 Å². The minimum absolute atomic E-state index is 0. The van der Waals surface area contributed by atoms with Gasteiger partial charge in [-0.25, -0.2) is 0 Å². The van der Waals surface area contributed by atoms with Crippen molar-refractivity contribution in [2.45, 2.75) is 52.6 Å². The van der Waals surface area contributed by atoms with Crippen molar-refractivity contribution >= 4 is 17.7 Å². The second-order valence-electron chi connectivity index (χ2n) is 3.35. The predicted octanol–water partition coefficient (Wildman–Crippen LogP) is 4.06. The molecule has 0 radical (unpaired) electrons. The van der Waals surface area contributed by atoms with E-state index in [1.807, 2.05) is 0 Å². The Balaban J connectivity index is -0.0000000546. The summed E-state index contributed by atoms with van der Waals surface area (Å²) in [7, 11) is 0. The summed E-state index contributed by atoms with van der Waals surface area (Å²) < 4.78 is 0. The zero-order chi connectivity index (χ0) is 9.28. The molecular formula is C10H27LiN2. The van der Waals surface area contributed by atoms with Gasteiger partial charge in [-0.1, -0.05) is 11.1 Å². The molecule has 0 aliphatic heterocycles. The van der Waals surface area contributed by atoms with Crippen LogP contribution in [0.15, 0.2) is 11.1 Å². The van der Waals surface area contributed by atoms with Crippen molar-refractivity contribution < 1.29 is 0 Å². The summed E-state index contributed by atoms with van der Waals surface area (Å²) in [6.07, 6.45) is 2.73. The third-order valence-corrected chi connectivity index (χ3v) is 1.71. The molecule has 0 amide bonds. The molecule has 78 valence electrons. The molecule has 13 heavy (non-hydrogen) atoms. The van der Waals surface area contributed by atoms with Crippen LogP contribution in [0.3, 0.4) is 0 Å². The van der Waals surface area contributed by atoms with Crippen LogP contribution in [0.2, 0.25) is 5.09 Å². The summed E-state index contributed by atoms with van der Waals surface area (Å²) in [6.45, 7) is 10.7. The number of hydrogen-bond acceptors (Lipinski definition) is 2. The first-order valence-electron chi connectivity index (χ1n) is 4.66. The topological polar surface area (TPSA) is 70.0 Å². The Labute approximate surface area is 93.9 Å². The molecule has 0 atom stereocenters. The van der Waals surface area contributed by atoms with Gasteiger partial charge in [0.15, 0.2) is 0 Å². The van der Waals surface area contributed by atoms with Gasteiger partial charge in [0.25, 0.3) is 0 Å². The third-order valence-electron chi connectivity index (χ3n) is 1.71. The van der Waals surface area contributed by atoms with Crippen LogP contribution >= 0.6 is 0 Å². The summed E-state index contributed by atoms with van der Waals surface area (Å²) >= 11 is 2.21. The molecule has 2 nitrogen and oxygen atoms in total. The molecule has 0 saturated carbocycles. The molecule has 0 aromatic carbocycles. The van der Waals surface area contributed by atoms with Crippen molar-refractivity contribution in [3.63, 3.8) is 0 Å². The summed E-state index contributed by atoms with van der Waals surface area (Å²) in [5.74, 6) is 0. The van der Waals surface area contributed by atoms with Crippen LogP contribution in [-0.4, -0.2) is 17.7 Å². The molecular weight excluding hydrogens is 155 g/mol. The molecule has 0 aromatic heterocycles. The Morgan fingerprint density at radius 1 is 0.923 bits per heavy atom. The molecule has 0 aromatic rings. The molecule has 6 N–H and O–H groups in total. The maximum absolute atomic E-state index is 2.21. The van der Waals surface area contributed by atoms with E-state index in [9.17, 15) is 0 Å². The van der Waals surface area contributed by atoms with E-state index in [2.05, 4.69) is 52.3 Å². The Kier molecular flexibility index (Phi) is 32.4. The van der Waals surface area contributed by atoms with Crippen LogP contribution in [0.5, 0.6) is 0 Å². The Morgan fingerprint density at radius 3 is 1.23 bits per heavy atom. The van der Waals surface area contributed by atoms with Crippen molar-refractivity contribution in [2.75, 3.05) is 0 Å². The number of unbranched alkanes of at least 4 members (excludes halogenated alkanes) is 1. The van der Waals surface area contributed by atoms with Crippen molar-refractivity contribution in [2.24, 2.45) is 0 Å². The van der Waals surface area contributed by atoms with Gasteiger partial charge >= 0.3 is 42.6 Å². The van der Waals surface area contributed by atoms with E-state index >= 15 is 0 Å². The minimum atomic E-state index is 0. The average molecular weight is 182 g/mol. The van der Waals surface area contributed by atoms with Crippen molar-refractivity contribution in [1.82, 2.24) is 12.3 Å². The van der Waals surface area contributed by atoms with Crippen molar-refractivity contribution in [3.8, 4) is 0 Å². The quantitative estimate of drug-likeness (QED) is 0.499. The second-order valence-corrected chi connectivity index (χ2v) is 3.35.